The third-order valence-electron chi connectivity index (χ3n) is 2.56. The number of hydrogen-bond donors (Lipinski definition) is 4. The molecular formula is C15H21ClN4O2S. The smallest absolute Gasteiger partial charge is 0.252 e. The van der Waals surface area contributed by atoms with E-state index < -0.39 is 0 Å². The molecule has 0 aliphatic rings. The maximum Gasteiger partial charge on any atom is 0.252 e. The van der Waals surface area contributed by atoms with Crippen molar-refractivity contribution in [3.8, 4) is 0 Å². The molecule has 0 saturated carbocycles. The molecule has 0 aromatic heterocycles. The van der Waals surface area contributed by atoms with E-state index in [1.165, 1.54) is 0 Å². The Kier molecular flexibility index (Phi) is 7.25. The van der Waals surface area contributed by atoms with Gasteiger partial charge < -0.3 is 10.6 Å². The molecule has 0 spiro atoms. The second-order valence-corrected chi connectivity index (χ2v) is 6.68. The first-order chi connectivity index (χ1) is 10.7. The largest absolute Gasteiger partial charge is 0.357 e. The number of benzene rings is 1. The summed E-state index contributed by atoms with van der Waals surface area (Å²) in [5, 5.41) is 6.33. The Bertz CT molecular complexity index is 587. The molecule has 0 saturated heterocycles. The van der Waals surface area contributed by atoms with Crippen molar-refractivity contribution in [2.45, 2.75) is 32.7 Å². The van der Waals surface area contributed by atoms with Gasteiger partial charge in [0, 0.05) is 18.5 Å². The average Bonchev–Trinajstić information content (AvgIpc) is 2.43. The summed E-state index contributed by atoms with van der Waals surface area (Å²) < 4.78 is 0. The van der Waals surface area contributed by atoms with Gasteiger partial charge in [-0.25, -0.2) is 0 Å². The zero-order chi connectivity index (χ0) is 17.5. The number of amides is 2. The molecule has 0 radical (unpaired) electrons. The van der Waals surface area contributed by atoms with E-state index in [9.17, 15) is 9.59 Å². The minimum Gasteiger partial charge on any atom is -0.357 e. The van der Waals surface area contributed by atoms with Crippen LogP contribution in [0.4, 0.5) is 0 Å². The summed E-state index contributed by atoms with van der Waals surface area (Å²) in [6.45, 7) is 6.05. The molecule has 0 atom stereocenters. The summed E-state index contributed by atoms with van der Waals surface area (Å²) in [6.07, 6.45) is 0.112. The van der Waals surface area contributed by atoms with Crippen LogP contribution in [0.3, 0.4) is 0 Å². The third kappa shape index (κ3) is 7.80. The van der Waals surface area contributed by atoms with E-state index in [0.717, 1.165) is 0 Å². The van der Waals surface area contributed by atoms with Crippen LogP contribution in [0, 0.1) is 0 Å². The van der Waals surface area contributed by atoms with Crippen molar-refractivity contribution < 1.29 is 9.59 Å². The van der Waals surface area contributed by atoms with Gasteiger partial charge in [-0.05, 0) is 45.1 Å². The van der Waals surface area contributed by atoms with E-state index in [4.69, 9.17) is 23.8 Å². The third-order valence-corrected chi connectivity index (χ3v) is 3.09. The first-order valence-corrected chi connectivity index (χ1v) is 7.87. The van der Waals surface area contributed by atoms with Crippen LogP contribution < -0.4 is 21.5 Å². The average molecular weight is 357 g/mol. The fraction of sp³-hybridized carbons (Fsp3) is 0.400. The summed E-state index contributed by atoms with van der Waals surface area (Å²) in [7, 11) is 0. The van der Waals surface area contributed by atoms with Crippen molar-refractivity contribution in [2.24, 2.45) is 0 Å². The first-order valence-electron chi connectivity index (χ1n) is 7.09. The van der Waals surface area contributed by atoms with Crippen LogP contribution in [-0.4, -0.2) is 29.0 Å². The van der Waals surface area contributed by atoms with Crippen molar-refractivity contribution in [1.29, 1.82) is 0 Å². The lowest BCUT2D eigenvalue weighted by Crippen LogP contribution is -2.52. The van der Waals surface area contributed by atoms with Gasteiger partial charge in [-0.3, -0.25) is 20.4 Å². The Balaban J connectivity index is 2.28. The fourth-order valence-corrected chi connectivity index (χ4v) is 2.17. The van der Waals surface area contributed by atoms with Crippen LogP contribution in [0.2, 0.25) is 5.02 Å². The lowest BCUT2D eigenvalue weighted by atomic mass is 10.1. The minimum absolute atomic E-state index is 0.112. The number of thiocarbonyl (C=S) groups is 1. The zero-order valence-electron chi connectivity index (χ0n) is 13.3. The van der Waals surface area contributed by atoms with Gasteiger partial charge in [-0.2, -0.15) is 0 Å². The van der Waals surface area contributed by atoms with E-state index in [1.807, 2.05) is 20.8 Å². The first kappa shape index (κ1) is 19.2. The monoisotopic (exact) mass is 356 g/mol. The minimum atomic E-state index is -0.318. The predicted octanol–water partition coefficient (Wildman–Crippen LogP) is 1.75. The fourth-order valence-electron chi connectivity index (χ4n) is 1.59. The Morgan fingerprint density at radius 2 is 1.83 bits per heavy atom. The molecule has 23 heavy (non-hydrogen) atoms. The standard InChI is InChI=1S/C15H21ClN4O2S/c1-15(2,3)18-14(23)20-19-12(21)8-9-17-13(22)10-6-4-5-7-11(10)16/h4-7H,8-9H2,1-3H3,(H,17,22)(H,19,21)(H2,18,20,23). The lowest BCUT2D eigenvalue weighted by molar-refractivity contribution is -0.121. The van der Waals surface area contributed by atoms with E-state index in [1.54, 1.807) is 24.3 Å². The van der Waals surface area contributed by atoms with Gasteiger partial charge in [0.15, 0.2) is 5.11 Å². The molecule has 1 rings (SSSR count). The maximum atomic E-state index is 11.9. The normalized spacial score (nSPS) is 10.6. The van der Waals surface area contributed by atoms with Gasteiger partial charge in [-0.1, -0.05) is 23.7 Å². The molecule has 0 fully saturated rings. The highest BCUT2D eigenvalue weighted by molar-refractivity contribution is 7.80. The van der Waals surface area contributed by atoms with E-state index in [2.05, 4.69) is 21.5 Å². The van der Waals surface area contributed by atoms with Crippen LogP contribution in [-0.2, 0) is 4.79 Å². The molecule has 6 nitrogen and oxygen atoms in total. The topological polar surface area (TPSA) is 82.3 Å². The molecule has 0 aliphatic carbocycles. The van der Waals surface area contributed by atoms with Gasteiger partial charge in [0.2, 0.25) is 5.91 Å². The molecule has 0 heterocycles. The molecular weight excluding hydrogens is 336 g/mol. The quantitative estimate of drug-likeness (QED) is 0.488. The SMILES string of the molecule is CC(C)(C)NC(=S)NNC(=O)CCNC(=O)c1ccccc1Cl. The predicted molar refractivity (Wildman–Crippen MR) is 95.2 cm³/mol. The molecule has 0 bridgehead atoms. The van der Waals surface area contributed by atoms with E-state index in [-0.39, 0.29) is 30.3 Å². The Morgan fingerprint density at radius 1 is 1.17 bits per heavy atom. The highest BCUT2D eigenvalue weighted by atomic mass is 35.5. The Labute approximate surface area is 146 Å². The number of carbonyl (C=O) groups is 2. The number of nitrogens with one attached hydrogen (secondary N) is 4. The lowest BCUT2D eigenvalue weighted by Gasteiger charge is -2.23. The summed E-state index contributed by atoms with van der Waals surface area (Å²) >= 11 is 11.0. The highest BCUT2D eigenvalue weighted by Crippen LogP contribution is 2.14. The van der Waals surface area contributed by atoms with Gasteiger partial charge in [-0.15, -0.1) is 0 Å². The van der Waals surface area contributed by atoms with Crippen LogP contribution >= 0.6 is 23.8 Å². The molecule has 0 unspecified atom stereocenters. The number of halogens is 1. The van der Waals surface area contributed by atoms with Gasteiger partial charge >= 0.3 is 0 Å². The Hall–Kier alpha value is -1.86. The van der Waals surface area contributed by atoms with Crippen molar-refractivity contribution in [2.75, 3.05) is 6.54 Å². The van der Waals surface area contributed by atoms with Crippen LogP contribution in [0.15, 0.2) is 24.3 Å². The van der Waals surface area contributed by atoms with Gasteiger partial charge in [0.25, 0.3) is 5.91 Å². The van der Waals surface area contributed by atoms with Crippen LogP contribution in [0.1, 0.15) is 37.6 Å². The molecule has 8 heteroatoms. The summed E-state index contributed by atoms with van der Waals surface area (Å²) in [5.74, 6) is -0.608. The number of rotatable bonds is 4. The summed E-state index contributed by atoms with van der Waals surface area (Å²) in [4.78, 5) is 23.6. The molecule has 1 aromatic rings. The maximum absolute atomic E-state index is 11.9. The van der Waals surface area contributed by atoms with Crippen molar-refractivity contribution >= 4 is 40.7 Å². The zero-order valence-corrected chi connectivity index (χ0v) is 14.9. The second kappa shape index (κ2) is 8.69. The van der Waals surface area contributed by atoms with Crippen LogP contribution in [0.25, 0.3) is 0 Å². The number of hydrazine groups is 1. The molecule has 2 amide bonds. The van der Waals surface area contributed by atoms with Gasteiger partial charge in [0.05, 0.1) is 10.6 Å². The number of carbonyl (C=O) groups excluding carboxylic acids is 2. The second-order valence-electron chi connectivity index (χ2n) is 5.86. The summed E-state index contributed by atoms with van der Waals surface area (Å²) in [6, 6.07) is 6.72. The Morgan fingerprint density at radius 3 is 2.43 bits per heavy atom. The molecule has 126 valence electrons. The molecule has 1 aromatic carbocycles. The van der Waals surface area contributed by atoms with Crippen LogP contribution in [0.5, 0.6) is 0 Å². The van der Waals surface area contributed by atoms with Crippen molar-refractivity contribution in [3.05, 3.63) is 34.9 Å². The van der Waals surface area contributed by atoms with Crippen molar-refractivity contribution in [1.82, 2.24) is 21.5 Å². The van der Waals surface area contributed by atoms with Crippen molar-refractivity contribution in [3.63, 3.8) is 0 Å². The number of hydrogen-bond acceptors (Lipinski definition) is 3. The van der Waals surface area contributed by atoms with Gasteiger partial charge in [0.1, 0.15) is 0 Å². The highest BCUT2D eigenvalue weighted by Gasteiger charge is 2.12. The summed E-state index contributed by atoms with van der Waals surface area (Å²) in [5.41, 5.74) is 5.25. The van der Waals surface area contributed by atoms with E-state index in [0.29, 0.717) is 15.7 Å². The molecule has 0 aliphatic heterocycles. The van der Waals surface area contributed by atoms with E-state index >= 15 is 0 Å². The molecule has 4 N–H and O–H groups in total.